The molecule has 1 aromatic carbocycles. The first-order valence-corrected chi connectivity index (χ1v) is 8.07. The van der Waals surface area contributed by atoms with Crippen LogP contribution in [-0.4, -0.2) is 40.9 Å². The maximum atomic E-state index is 12.8. The van der Waals surface area contributed by atoms with E-state index in [2.05, 4.69) is 5.32 Å². The molecule has 0 radical (unpaired) electrons. The van der Waals surface area contributed by atoms with Gasteiger partial charge in [-0.05, 0) is 25.0 Å². The molecule has 0 aliphatic heterocycles. The van der Waals surface area contributed by atoms with Gasteiger partial charge in [0, 0.05) is 25.2 Å². The standard InChI is InChI=1S/C18H22N2O4/c1-20(13-7-3-2-4-8-13)18(24)14-9-5-6-10-15(14)19-16(21)11-12-17(22)23/h5-6,9-13H,2-4,7-8H2,1H3,(H,19,21)(H,22,23)/b12-11+. The molecular formula is C18H22N2O4. The van der Waals surface area contributed by atoms with E-state index in [-0.39, 0.29) is 11.9 Å². The Labute approximate surface area is 141 Å². The lowest BCUT2D eigenvalue weighted by atomic mass is 9.94. The van der Waals surface area contributed by atoms with Crippen LogP contribution < -0.4 is 5.32 Å². The summed E-state index contributed by atoms with van der Waals surface area (Å²) in [7, 11) is 1.79. The summed E-state index contributed by atoms with van der Waals surface area (Å²) in [6, 6.07) is 6.98. The van der Waals surface area contributed by atoms with Crippen LogP contribution >= 0.6 is 0 Å². The van der Waals surface area contributed by atoms with Crippen molar-refractivity contribution in [2.75, 3.05) is 12.4 Å². The van der Waals surface area contributed by atoms with Crippen molar-refractivity contribution >= 4 is 23.5 Å². The fraction of sp³-hybridized carbons (Fsp3) is 0.389. The van der Waals surface area contributed by atoms with E-state index in [1.165, 1.54) is 6.42 Å². The Morgan fingerprint density at radius 1 is 1.12 bits per heavy atom. The van der Waals surface area contributed by atoms with E-state index in [9.17, 15) is 14.4 Å². The van der Waals surface area contributed by atoms with Gasteiger partial charge in [-0.25, -0.2) is 4.79 Å². The summed E-state index contributed by atoms with van der Waals surface area (Å²) in [5.74, 6) is -1.93. The maximum Gasteiger partial charge on any atom is 0.328 e. The highest BCUT2D eigenvalue weighted by Crippen LogP contribution is 2.25. The molecule has 0 saturated heterocycles. The van der Waals surface area contributed by atoms with Gasteiger partial charge in [0.05, 0.1) is 11.3 Å². The van der Waals surface area contributed by atoms with Crippen molar-refractivity contribution in [3.05, 3.63) is 42.0 Å². The number of hydrogen-bond acceptors (Lipinski definition) is 3. The minimum atomic E-state index is -1.20. The highest BCUT2D eigenvalue weighted by atomic mass is 16.4. The zero-order valence-electron chi connectivity index (χ0n) is 13.7. The summed E-state index contributed by atoms with van der Waals surface area (Å²) in [4.78, 5) is 36.8. The summed E-state index contributed by atoms with van der Waals surface area (Å²) >= 11 is 0. The van der Waals surface area contributed by atoms with Crippen LogP contribution in [0.3, 0.4) is 0 Å². The highest BCUT2D eigenvalue weighted by Gasteiger charge is 2.24. The average molecular weight is 330 g/mol. The number of anilines is 1. The Kier molecular flexibility index (Phi) is 6.12. The number of carbonyl (C=O) groups is 3. The van der Waals surface area contributed by atoms with Crippen molar-refractivity contribution in [2.24, 2.45) is 0 Å². The molecule has 1 fully saturated rings. The molecule has 128 valence electrons. The minimum Gasteiger partial charge on any atom is -0.478 e. The summed E-state index contributed by atoms with van der Waals surface area (Å²) < 4.78 is 0. The summed E-state index contributed by atoms with van der Waals surface area (Å²) in [5, 5.41) is 11.1. The van der Waals surface area contributed by atoms with Crippen LogP contribution in [0.1, 0.15) is 42.5 Å². The number of benzene rings is 1. The molecule has 0 unspecified atom stereocenters. The zero-order chi connectivity index (χ0) is 17.5. The molecule has 0 atom stereocenters. The van der Waals surface area contributed by atoms with E-state index < -0.39 is 11.9 Å². The summed E-state index contributed by atoms with van der Waals surface area (Å²) in [6.45, 7) is 0. The topological polar surface area (TPSA) is 86.7 Å². The van der Waals surface area contributed by atoms with E-state index in [0.29, 0.717) is 11.3 Å². The molecule has 1 aliphatic rings. The molecule has 0 heterocycles. The molecule has 0 bridgehead atoms. The number of nitrogens with one attached hydrogen (secondary N) is 1. The van der Waals surface area contributed by atoms with Crippen LogP contribution in [0.25, 0.3) is 0 Å². The molecule has 2 amide bonds. The predicted molar refractivity (Wildman–Crippen MR) is 90.8 cm³/mol. The van der Waals surface area contributed by atoms with Crippen LogP contribution in [-0.2, 0) is 9.59 Å². The number of carboxylic acids is 1. The smallest absolute Gasteiger partial charge is 0.328 e. The molecule has 6 nitrogen and oxygen atoms in total. The fourth-order valence-corrected chi connectivity index (χ4v) is 2.92. The second-order valence-electron chi connectivity index (χ2n) is 5.91. The molecule has 6 heteroatoms. The fourth-order valence-electron chi connectivity index (χ4n) is 2.92. The van der Waals surface area contributed by atoms with Gasteiger partial charge in [-0.2, -0.15) is 0 Å². The van der Waals surface area contributed by atoms with Gasteiger partial charge in [0.25, 0.3) is 5.91 Å². The molecule has 1 saturated carbocycles. The van der Waals surface area contributed by atoms with E-state index >= 15 is 0 Å². The highest BCUT2D eigenvalue weighted by molar-refractivity contribution is 6.07. The third-order valence-electron chi connectivity index (χ3n) is 4.24. The van der Waals surface area contributed by atoms with Gasteiger partial charge in [0.15, 0.2) is 0 Å². The first-order valence-electron chi connectivity index (χ1n) is 8.07. The molecule has 2 N–H and O–H groups in total. The molecule has 0 aromatic heterocycles. The van der Waals surface area contributed by atoms with Crippen molar-refractivity contribution in [1.82, 2.24) is 4.90 Å². The van der Waals surface area contributed by atoms with Crippen LogP contribution in [0.2, 0.25) is 0 Å². The maximum absolute atomic E-state index is 12.8. The normalized spacial score (nSPS) is 15.2. The number of rotatable bonds is 5. The average Bonchev–Trinajstić information content (AvgIpc) is 2.60. The molecular weight excluding hydrogens is 308 g/mol. The number of nitrogens with zero attached hydrogens (tertiary/aromatic N) is 1. The Bertz CT molecular complexity index is 648. The third kappa shape index (κ3) is 4.68. The summed E-state index contributed by atoms with van der Waals surface area (Å²) in [5.41, 5.74) is 0.785. The SMILES string of the molecule is CN(C(=O)c1ccccc1NC(=O)/C=C/C(=O)O)C1CCCCC1. The number of carbonyl (C=O) groups excluding carboxylic acids is 2. The number of carboxylic acid groups (broad SMARTS) is 1. The second kappa shape index (κ2) is 8.29. The lowest BCUT2D eigenvalue weighted by Gasteiger charge is -2.31. The Hall–Kier alpha value is -2.63. The van der Waals surface area contributed by atoms with Crippen LogP contribution in [0, 0.1) is 0 Å². The molecule has 1 aromatic rings. The van der Waals surface area contributed by atoms with Gasteiger partial charge < -0.3 is 15.3 Å². The van der Waals surface area contributed by atoms with Crippen LogP contribution in [0.5, 0.6) is 0 Å². The van der Waals surface area contributed by atoms with Crippen molar-refractivity contribution < 1.29 is 19.5 Å². The minimum absolute atomic E-state index is 0.139. The molecule has 2 rings (SSSR count). The lowest BCUT2D eigenvalue weighted by Crippen LogP contribution is -2.38. The largest absolute Gasteiger partial charge is 0.478 e. The molecule has 24 heavy (non-hydrogen) atoms. The van der Waals surface area contributed by atoms with Gasteiger partial charge in [-0.1, -0.05) is 31.4 Å². The number of para-hydroxylation sites is 1. The van der Waals surface area contributed by atoms with Gasteiger partial charge >= 0.3 is 5.97 Å². The molecule has 1 aliphatic carbocycles. The zero-order valence-corrected chi connectivity index (χ0v) is 13.7. The quantitative estimate of drug-likeness (QED) is 0.813. The Morgan fingerprint density at radius 2 is 1.79 bits per heavy atom. The van der Waals surface area contributed by atoms with Crippen molar-refractivity contribution in [2.45, 2.75) is 38.1 Å². The van der Waals surface area contributed by atoms with E-state index in [0.717, 1.165) is 37.8 Å². The Balaban J connectivity index is 2.13. The third-order valence-corrected chi connectivity index (χ3v) is 4.24. The first kappa shape index (κ1) is 17.7. The van der Waals surface area contributed by atoms with Gasteiger partial charge in [-0.15, -0.1) is 0 Å². The van der Waals surface area contributed by atoms with Gasteiger partial charge in [0.2, 0.25) is 5.91 Å². The van der Waals surface area contributed by atoms with Crippen LogP contribution in [0.4, 0.5) is 5.69 Å². The predicted octanol–water partition coefficient (Wildman–Crippen LogP) is 2.67. The van der Waals surface area contributed by atoms with Crippen molar-refractivity contribution in [3.63, 3.8) is 0 Å². The number of aliphatic carboxylic acids is 1. The molecule has 0 spiro atoms. The van der Waals surface area contributed by atoms with Gasteiger partial charge in [0.1, 0.15) is 0 Å². The van der Waals surface area contributed by atoms with Gasteiger partial charge in [-0.3, -0.25) is 9.59 Å². The number of amides is 2. The monoisotopic (exact) mass is 330 g/mol. The lowest BCUT2D eigenvalue weighted by molar-refractivity contribution is -0.131. The summed E-state index contributed by atoms with van der Waals surface area (Å²) in [6.07, 6.45) is 7.14. The van der Waals surface area contributed by atoms with Crippen molar-refractivity contribution in [1.29, 1.82) is 0 Å². The Morgan fingerprint density at radius 3 is 2.46 bits per heavy atom. The van der Waals surface area contributed by atoms with Crippen LogP contribution in [0.15, 0.2) is 36.4 Å². The second-order valence-corrected chi connectivity index (χ2v) is 5.91. The van der Waals surface area contributed by atoms with E-state index in [1.807, 2.05) is 0 Å². The van der Waals surface area contributed by atoms with E-state index in [4.69, 9.17) is 5.11 Å². The number of hydrogen-bond donors (Lipinski definition) is 2. The first-order chi connectivity index (χ1) is 11.5. The van der Waals surface area contributed by atoms with Crippen molar-refractivity contribution in [3.8, 4) is 0 Å². The van der Waals surface area contributed by atoms with E-state index in [1.54, 1.807) is 36.2 Å².